The van der Waals surface area contributed by atoms with E-state index in [1.807, 2.05) is 17.8 Å². The smallest absolute Gasteiger partial charge is 0.0185 e. The highest BCUT2D eigenvalue weighted by Gasteiger charge is 2.06. The van der Waals surface area contributed by atoms with E-state index < -0.39 is 0 Å². The third kappa shape index (κ3) is 4.16. The van der Waals surface area contributed by atoms with Crippen LogP contribution in [0.1, 0.15) is 19.4 Å². The number of rotatable bonds is 5. The molecule has 0 aliphatic heterocycles. The SMILES string of the molecule is CC(C)[C@H](N)CSCc1ccccc1. The number of hydrogen-bond donors (Lipinski definition) is 1. The van der Waals surface area contributed by atoms with Crippen molar-refractivity contribution in [2.45, 2.75) is 25.6 Å². The second kappa shape index (κ2) is 6.10. The van der Waals surface area contributed by atoms with Gasteiger partial charge in [0.15, 0.2) is 0 Å². The summed E-state index contributed by atoms with van der Waals surface area (Å²) in [4.78, 5) is 0. The molecule has 0 spiro atoms. The largest absolute Gasteiger partial charge is 0.327 e. The Morgan fingerprint density at radius 3 is 2.43 bits per heavy atom. The molecule has 1 atom stereocenters. The molecule has 1 aromatic carbocycles. The van der Waals surface area contributed by atoms with Gasteiger partial charge in [-0.05, 0) is 11.5 Å². The van der Waals surface area contributed by atoms with Crippen molar-refractivity contribution < 1.29 is 0 Å². The lowest BCUT2D eigenvalue weighted by Gasteiger charge is -2.14. The van der Waals surface area contributed by atoms with E-state index in [1.54, 1.807) is 0 Å². The molecule has 0 saturated heterocycles. The molecule has 1 aromatic rings. The first-order valence-electron chi connectivity index (χ1n) is 5.07. The summed E-state index contributed by atoms with van der Waals surface area (Å²) in [5.41, 5.74) is 7.34. The average Bonchev–Trinajstić information content (AvgIpc) is 2.19. The minimum Gasteiger partial charge on any atom is -0.327 e. The van der Waals surface area contributed by atoms with Crippen molar-refractivity contribution in [3.05, 3.63) is 35.9 Å². The van der Waals surface area contributed by atoms with Crippen LogP contribution in [0.25, 0.3) is 0 Å². The molecule has 0 aromatic heterocycles. The lowest BCUT2D eigenvalue weighted by Crippen LogP contribution is -2.28. The van der Waals surface area contributed by atoms with E-state index in [2.05, 4.69) is 38.1 Å². The quantitative estimate of drug-likeness (QED) is 0.807. The lowest BCUT2D eigenvalue weighted by molar-refractivity contribution is 0.535. The second-order valence-electron chi connectivity index (χ2n) is 3.91. The van der Waals surface area contributed by atoms with E-state index in [1.165, 1.54) is 5.56 Å². The van der Waals surface area contributed by atoms with Crippen LogP contribution >= 0.6 is 11.8 Å². The highest BCUT2D eigenvalue weighted by molar-refractivity contribution is 7.98. The fourth-order valence-electron chi connectivity index (χ4n) is 1.08. The van der Waals surface area contributed by atoms with E-state index >= 15 is 0 Å². The predicted octanol–water partition coefficient (Wildman–Crippen LogP) is 2.90. The van der Waals surface area contributed by atoms with E-state index in [9.17, 15) is 0 Å². The van der Waals surface area contributed by atoms with Crippen molar-refractivity contribution in [3.8, 4) is 0 Å². The summed E-state index contributed by atoms with van der Waals surface area (Å²) >= 11 is 1.92. The van der Waals surface area contributed by atoms with Crippen LogP contribution in [0.5, 0.6) is 0 Å². The van der Waals surface area contributed by atoms with Gasteiger partial charge in [-0.2, -0.15) is 11.8 Å². The Bertz CT molecular complexity index is 246. The molecular weight excluding hydrogens is 190 g/mol. The molecule has 2 heteroatoms. The van der Waals surface area contributed by atoms with E-state index in [4.69, 9.17) is 5.73 Å². The zero-order valence-electron chi connectivity index (χ0n) is 8.94. The minimum atomic E-state index is 0.323. The van der Waals surface area contributed by atoms with Gasteiger partial charge in [-0.1, -0.05) is 44.2 Å². The summed E-state index contributed by atoms with van der Waals surface area (Å²) in [7, 11) is 0. The molecule has 78 valence electrons. The topological polar surface area (TPSA) is 26.0 Å². The monoisotopic (exact) mass is 209 g/mol. The van der Waals surface area contributed by atoms with E-state index in [0.29, 0.717) is 12.0 Å². The molecular formula is C12H19NS. The number of benzene rings is 1. The summed E-state index contributed by atoms with van der Waals surface area (Å²) in [6.45, 7) is 4.35. The first kappa shape index (κ1) is 11.6. The molecule has 0 radical (unpaired) electrons. The highest BCUT2D eigenvalue weighted by Crippen LogP contribution is 2.14. The van der Waals surface area contributed by atoms with Crippen LogP contribution in [0.2, 0.25) is 0 Å². The van der Waals surface area contributed by atoms with Crippen molar-refractivity contribution in [3.63, 3.8) is 0 Å². The van der Waals surface area contributed by atoms with Gasteiger partial charge in [0.25, 0.3) is 0 Å². The molecule has 0 amide bonds. The molecule has 0 unspecified atom stereocenters. The Hall–Kier alpha value is -0.470. The van der Waals surface area contributed by atoms with Gasteiger partial charge in [0, 0.05) is 17.5 Å². The Kier molecular flexibility index (Phi) is 5.05. The molecule has 0 aliphatic carbocycles. The van der Waals surface area contributed by atoms with E-state index in [-0.39, 0.29) is 0 Å². The van der Waals surface area contributed by atoms with E-state index in [0.717, 1.165) is 11.5 Å². The third-order valence-corrected chi connectivity index (χ3v) is 3.44. The molecule has 0 fully saturated rings. The molecule has 14 heavy (non-hydrogen) atoms. The molecule has 2 N–H and O–H groups in total. The van der Waals surface area contributed by atoms with Gasteiger partial charge in [0.05, 0.1) is 0 Å². The standard InChI is InChI=1S/C12H19NS/c1-10(2)12(13)9-14-8-11-6-4-3-5-7-11/h3-7,10,12H,8-9,13H2,1-2H3/t12-/m1/s1. The fraction of sp³-hybridized carbons (Fsp3) is 0.500. The van der Waals surface area contributed by atoms with Crippen LogP contribution < -0.4 is 5.73 Å². The Labute approximate surface area is 91.1 Å². The van der Waals surface area contributed by atoms with Gasteiger partial charge in [-0.3, -0.25) is 0 Å². The summed E-state index contributed by atoms with van der Waals surface area (Å²) in [5, 5.41) is 0. The minimum absolute atomic E-state index is 0.323. The summed E-state index contributed by atoms with van der Waals surface area (Å²) in [6.07, 6.45) is 0. The highest BCUT2D eigenvalue weighted by atomic mass is 32.2. The zero-order chi connectivity index (χ0) is 10.4. The third-order valence-electron chi connectivity index (χ3n) is 2.28. The zero-order valence-corrected chi connectivity index (χ0v) is 9.76. The van der Waals surface area contributed by atoms with Crippen molar-refractivity contribution in [1.82, 2.24) is 0 Å². The Balaban J connectivity index is 2.22. The molecule has 0 bridgehead atoms. The van der Waals surface area contributed by atoms with Crippen molar-refractivity contribution in [2.75, 3.05) is 5.75 Å². The van der Waals surface area contributed by atoms with Gasteiger partial charge in [0.2, 0.25) is 0 Å². The van der Waals surface area contributed by atoms with Crippen molar-refractivity contribution in [2.24, 2.45) is 11.7 Å². The van der Waals surface area contributed by atoms with Gasteiger partial charge >= 0.3 is 0 Å². The summed E-state index contributed by atoms with van der Waals surface area (Å²) in [5.74, 6) is 2.70. The van der Waals surface area contributed by atoms with Crippen LogP contribution in [-0.4, -0.2) is 11.8 Å². The second-order valence-corrected chi connectivity index (χ2v) is 4.94. The number of hydrogen-bond acceptors (Lipinski definition) is 2. The maximum Gasteiger partial charge on any atom is 0.0185 e. The van der Waals surface area contributed by atoms with Gasteiger partial charge in [-0.25, -0.2) is 0 Å². The Morgan fingerprint density at radius 1 is 1.21 bits per heavy atom. The first-order valence-corrected chi connectivity index (χ1v) is 6.23. The van der Waals surface area contributed by atoms with Gasteiger partial charge in [-0.15, -0.1) is 0 Å². The number of thioether (sulfide) groups is 1. The molecule has 1 nitrogen and oxygen atoms in total. The maximum absolute atomic E-state index is 5.96. The fourth-order valence-corrected chi connectivity index (χ4v) is 2.28. The lowest BCUT2D eigenvalue weighted by atomic mass is 10.1. The predicted molar refractivity (Wildman–Crippen MR) is 65.4 cm³/mol. The molecule has 0 heterocycles. The normalized spacial score (nSPS) is 13.1. The summed E-state index contributed by atoms with van der Waals surface area (Å²) in [6, 6.07) is 10.9. The van der Waals surface area contributed by atoms with Crippen LogP contribution in [0.4, 0.5) is 0 Å². The summed E-state index contributed by atoms with van der Waals surface area (Å²) < 4.78 is 0. The molecule has 0 saturated carbocycles. The molecule has 1 rings (SSSR count). The van der Waals surface area contributed by atoms with Gasteiger partial charge < -0.3 is 5.73 Å². The van der Waals surface area contributed by atoms with Crippen LogP contribution in [0, 0.1) is 5.92 Å². The van der Waals surface area contributed by atoms with Crippen molar-refractivity contribution >= 4 is 11.8 Å². The van der Waals surface area contributed by atoms with Crippen molar-refractivity contribution in [1.29, 1.82) is 0 Å². The van der Waals surface area contributed by atoms with Crippen LogP contribution in [0.3, 0.4) is 0 Å². The van der Waals surface area contributed by atoms with Crippen LogP contribution in [0.15, 0.2) is 30.3 Å². The average molecular weight is 209 g/mol. The Morgan fingerprint density at radius 2 is 1.86 bits per heavy atom. The number of nitrogens with two attached hydrogens (primary N) is 1. The molecule has 0 aliphatic rings. The maximum atomic E-state index is 5.96. The first-order chi connectivity index (χ1) is 6.70. The van der Waals surface area contributed by atoms with Crippen LogP contribution in [-0.2, 0) is 5.75 Å². The van der Waals surface area contributed by atoms with Gasteiger partial charge in [0.1, 0.15) is 0 Å².